The summed E-state index contributed by atoms with van der Waals surface area (Å²) in [4.78, 5) is 13.2. The molecule has 0 aliphatic heterocycles. The molecule has 0 aliphatic rings. The van der Waals surface area contributed by atoms with Crippen LogP contribution < -0.4 is 0 Å². The summed E-state index contributed by atoms with van der Waals surface area (Å²) in [6.45, 7) is 2.91. The number of aliphatic hydroxyl groups is 1. The lowest BCUT2D eigenvalue weighted by atomic mass is 10.0. The Morgan fingerprint density at radius 1 is 1.39 bits per heavy atom. The van der Waals surface area contributed by atoms with Crippen molar-refractivity contribution < 1.29 is 18.7 Å². The van der Waals surface area contributed by atoms with E-state index in [1.54, 1.807) is 13.8 Å². The van der Waals surface area contributed by atoms with Crippen LogP contribution in [0.4, 0.5) is 8.78 Å². The Balaban J connectivity index is 3.16. The van der Waals surface area contributed by atoms with Crippen LogP contribution in [0.15, 0.2) is 12.1 Å². The number of benzene rings is 1. The monoisotopic (exact) mass is 277 g/mol. The Hall–Kier alpha value is -1.20. The first kappa shape index (κ1) is 14.9. The third-order valence-corrected chi connectivity index (χ3v) is 3.13. The molecule has 0 atom stereocenters. The van der Waals surface area contributed by atoms with E-state index >= 15 is 0 Å². The molecule has 3 nitrogen and oxygen atoms in total. The van der Waals surface area contributed by atoms with Crippen LogP contribution in [0.25, 0.3) is 0 Å². The molecule has 1 rings (SSSR count). The minimum Gasteiger partial charge on any atom is -0.394 e. The number of hydrogen-bond acceptors (Lipinski definition) is 2. The van der Waals surface area contributed by atoms with Crippen LogP contribution in [0.1, 0.15) is 24.2 Å². The fourth-order valence-electron chi connectivity index (χ4n) is 1.25. The predicted octanol–water partition coefficient (Wildman–Crippen LogP) is 2.46. The zero-order chi connectivity index (χ0) is 14.1. The lowest BCUT2D eigenvalue weighted by molar-refractivity contribution is 0.0468. The number of carbonyl (C=O) groups excluding carboxylic acids is 1. The third kappa shape index (κ3) is 2.79. The van der Waals surface area contributed by atoms with Gasteiger partial charge in [-0.3, -0.25) is 4.79 Å². The molecule has 18 heavy (non-hydrogen) atoms. The molecule has 100 valence electrons. The van der Waals surface area contributed by atoms with Gasteiger partial charge in [0.15, 0.2) is 0 Å². The second-order valence-corrected chi connectivity index (χ2v) is 4.99. The van der Waals surface area contributed by atoms with Gasteiger partial charge in [-0.1, -0.05) is 11.6 Å². The summed E-state index contributed by atoms with van der Waals surface area (Å²) in [5.41, 5.74) is -1.29. The van der Waals surface area contributed by atoms with Gasteiger partial charge in [-0.15, -0.1) is 0 Å². The third-order valence-electron chi connectivity index (χ3n) is 2.84. The highest BCUT2D eigenvalue weighted by Crippen LogP contribution is 2.22. The quantitative estimate of drug-likeness (QED) is 0.862. The van der Waals surface area contributed by atoms with Gasteiger partial charge >= 0.3 is 0 Å². The summed E-state index contributed by atoms with van der Waals surface area (Å²) >= 11 is 5.41. The van der Waals surface area contributed by atoms with E-state index in [9.17, 15) is 13.6 Å². The number of aliphatic hydroxyl groups excluding tert-OH is 1. The number of halogens is 3. The van der Waals surface area contributed by atoms with Gasteiger partial charge in [0, 0.05) is 7.05 Å². The normalized spacial score (nSPS) is 11.5. The van der Waals surface area contributed by atoms with Crippen LogP contribution in [0.3, 0.4) is 0 Å². The maximum atomic E-state index is 13.6. The van der Waals surface area contributed by atoms with E-state index in [1.807, 2.05) is 0 Å². The zero-order valence-electron chi connectivity index (χ0n) is 10.3. The summed E-state index contributed by atoms with van der Waals surface area (Å²) in [6.07, 6.45) is 0. The average Bonchev–Trinajstić information content (AvgIpc) is 2.32. The van der Waals surface area contributed by atoms with Crippen LogP contribution in [0.5, 0.6) is 0 Å². The van der Waals surface area contributed by atoms with E-state index in [4.69, 9.17) is 16.7 Å². The number of likely N-dealkylation sites (N-methyl/N-ethyl adjacent to an activating group) is 1. The number of amides is 1. The molecule has 1 aromatic rings. The van der Waals surface area contributed by atoms with Crippen LogP contribution in [0.2, 0.25) is 5.02 Å². The van der Waals surface area contributed by atoms with Gasteiger partial charge in [-0.25, -0.2) is 8.78 Å². The minimum absolute atomic E-state index is 0.299. The molecule has 0 unspecified atom stereocenters. The highest BCUT2D eigenvalue weighted by atomic mass is 35.5. The molecule has 0 bridgehead atoms. The average molecular weight is 278 g/mol. The van der Waals surface area contributed by atoms with Crippen molar-refractivity contribution in [1.82, 2.24) is 4.90 Å². The SMILES string of the molecule is CN(C(=O)c1cc(F)c(Cl)cc1F)C(C)(C)CO. The molecule has 0 radical (unpaired) electrons. The first-order valence-corrected chi connectivity index (χ1v) is 5.62. The van der Waals surface area contributed by atoms with Crippen molar-refractivity contribution in [3.63, 3.8) is 0 Å². The van der Waals surface area contributed by atoms with Crippen LogP contribution >= 0.6 is 11.6 Å². The molecule has 1 aromatic carbocycles. The number of nitrogens with zero attached hydrogens (tertiary/aromatic N) is 1. The smallest absolute Gasteiger partial charge is 0.257 e. The van der Waals surface area contributed by atoms with Gasteiger partial charge < -0.3 is 10.0 Å². The highest BCUT2D eigenvalue weighted by molar-refractivity contribution is 6.30. The molecule has 0 fully saturated rings. The fourth-order valence-corrected chi connectivity index (χ4v) is 1.40. The largest absolute Gasteiger partial charge is 0.394 e. The topological polar surface area (TPSA) is 40.5 Å². The van der Waals surface area contributed by atoms with Crippen molar-refractivity contribution in [2.45, 2.75) is 19.4 Å². The van der Waals surface area contributed by atoms with Gasteiger partial charge in [0.25, 0.3) is 5.91 Å². The Kier molecular flexibility index (Phi) is 4.29. The van der Waals surface area contributed by atoms with Gasteiger partial charge in [0.05, 0.1) is 22.7 Å². The number of hydrogen-bond donors (Lipinski definition) is 1. The van der Waals surface area contributed by atoms with E-state index < -0.39 is 28.6 Å². The second kappa shape index (κ2) is 5.20. The molecule has 1 N–H and O–H groups in total. The Bertz CT molecular complexity index is 477. The minimum atomic E-state index is -0.896. The second-order valence-electron chi connectivity index (χ2n) is 4.58. The van der Waals surface area contributed by atoms with Crippen LogP contribution in [-0.4, -0.2) is 35.1 Å². The first-order chi connectivity index (χ1) is 8.20. The maximum absolute atomic E-state index is 13.6. The summed E-state index contributed by atoms with van der Waals surface area (Å²) in [7, 11) is 1.41. The summed E-state index contributed by atoms with van der Waals surface area (Å²) in [6, 6.07) is 1.51. The lowest BCUT2D eigenvalue weighted by Gasteiger charge is -2.34. The molecule has 0 saturated heterocycles. The molecular formula is C12H14ClF2NO2. The molecule has 0 aromatic heterocycles. The van der Waals surface area contributed by atoms with Crippen LogP contribution in [0, 0.1) is 11.6 Å². The zero-order valence-corrected chi connectivity index (χ0v) is 11.1. The summed E-state index contributed by atoms with van der Waals surface area (Å²) in [5, 5.41) is 8.76. The number of rotatable bonds is 3. The Morgan fingerprint density at radius 2 is 1.94 bits per heavy atom. The van der Waals surface area contributed by atoms with E-state index in [0.29, 0.717) is 0 Å². The fraction of sp³-hybridized carbons (Fsp3) is 0.417. The highest BCUT2D eigenvalue weighted by Gasteiger charge is 2.29. The molecule has 0 aliphatic carbocycles. The van der Waals surface area contributed by atoms with Gasteiger partial charge in [-0.2, -0.15) is 0 Å². The molecule has 6 heteroatoms. The van der Waals surface area contributed by atoms with Crippen molar-refractivity contribution in [2.75, 3.05) is 13.7 Å². The van der Waals surface area contributed by atoms with Gasteiger partial charge in [0.2, 0.25) is 0 Å². The predicted molar refractivity (Wildman–Crippen MR) is 64.6 cm³/mol. The van der Waals surface area contributed by atoms with Crippen molar-refractivity contribution in [2.24, 2.45) is 0 Å². The van der Waals surface area contributed by atoms with Gasteiger partial charge in [-0.05, 0) is 26.0 Å². The van der Waals surface area contributed by atoms with E-state index in [-0.39, 0.29) is 11.6 Å². The van der Waals surface area contributed by atoms with Crippen LogP contribution in [-0.2, 0) is 0 Å². The summed E-state index contributed by atoms with van der Waals surface area (Å²) in [5.74, 6) is -2.48. The molecule has 0 spiro atoms. The van der Waals surface area contributed by atoms with E-state index in [1.165, 1.54) is 7.05 Å². The van der Waals surface area contributed by atoms with Crippen molar-refractivity contribution >= 4 is 17.5 Å². The molecule has 1 amide bonds. The molecule has 0 saturated carbocycles. The van der Waals surface area contributed by atoms with Crippen molar-refractivity contribution in [1.29, 1.82) is 0 Å². The first-order valence-electron chi connectivity index (χ1n) is 5.24. The standard InChI is InChI=1S/C12H14ClF2NO2/c1-12(2,6-17)16(3)11(18)7-4-10(15)8(13)5-9(7)14/h4-5,17H,6H2,1-3H3. The van der Waals surface area contributed by atoms with E-state index in [0.717, 1.165) is 17.0 Å². The van der Waals surface area contributed by atoms with Gasteiger partial charge in [0.1, 0.15) is 11.6 Å². The lowest BCUT2D eigenvalue weighted by Crippen LogP contribution is -2.47. The maximum Gasteiger partial charge on any atom is 0.257 e. The summed E-state index contributed by atoms with van der Waals surface area (Å²) < 4.78 is 26.8. The molecule has 0 heterocycles. The molecular weight excluding hydrogens is 264 g/mol. The van der Waals surface area contributed by atoms with Crippen molar-refractivity contribution in [3.8, 4) is 0 Å². The number of carbonyl (C=O) groups is 1. The van der Waals surface area contributed by atoms with E-state index in [2.05, 4.69) is 0 Å². The Labute approximate surface area is 109 Å². The Morgan fingerprint density at radius 3 is 2.44 bits per heavy atom. The van der Waals surface area contributed by atoms with Crippen molar-refractivity contribution in [3.05, 3.63) is 34.4 Å².